The Hall–Kier alpha value is -1.49. The van der Waals surface area contributed by atoms with Gasteiger partial charge in [0, 0.05) is 25.2 Å². The van der Waals surface area contributed by atoms with Gasteiger partial charge in [0.2, 0.25) is 0 Å². The molecule has 5 heteroatoms. The molecule has 1 aromatic heterocycles. The maximum Gasteiger partial charge on any atom is 0.273 e. The fourth-order valence-electron chi connectivity index (χ4n) is 2.17. The normalized spacial score (nSPS) is 24.8. The Morgan fingerprint density at radius 3 is 2.59 bits per heavy atom. The number of nitrogens with one attached hydrogen (secondary N) is 1. The number of piperazine rings is 1. The van der Waals surface area contributed by atoms with Gasteiger partial charge in [-0.2, -0.15) is 0 Å². The lowest BCUT2D eigenvalue weighted by atomic mass is 10.1. The number of hydrogen-bond acceptors (Lipinski definition) is 3. The Kier molecular flexibility index (Phi) is 3.38. The quantitative estimate of drug-likeness (QED) is 0.794. The molecular formula is C12H16FN3O. The van der Waals surface area contributed by atoms with E-state index in [4.69, 9.17) is 0 Å². The van der Waals surface area contributed by atoms with Gasteiger partial charge < -0.3 is 10.2 Å². The lowest BCUT2D eigenvalue weighted by Crippen LogP contribution is -2.57. The van der Waals surface area contributed by atoms with Crippen molar-refractivity contribution in [2.24, 2.45) is 0 Å². The van der Waals surface area contributed by atoms with Crippen molar-refractivity contribution in [3.63, 3.8) is 0 Å². The minimum atomic E-state index is -0.428. The summed E-state index contributed by atoms with van der Waals surface area (Å²) in [4.78, 5) is 17.9. The molecule has 0 bridgehead atoms. The predicted molar refractivity (Wildman–Crippen MR) is 62.2 cm³/mol. The summed E-state index contributed by atoms with van der Waals surface area (Å²) in [6.07, 6.45) is 1.07. The van der Waals surface area contributed by atoms with Gasteiger partial charge in [0.1, 0.15) is 11.5 Å². The van der Waals surface area contributed by atoms with Crippen LogP contribution in [0.1, 0.15) is 24.3 Å². The summed E-state index contributed by atoms with van der Waals surface area (Å²) in [7, 11) is 0. The summed E-state index contributed by atoms with van der Waals surface area (Å²) in [5, 5.41) is 3.26. The number of carbonyl (C=O) groups is 1. The molecule has 0 aliphatic carbocycles. The van der Waals surface area contributed by atoms with E-state index in [0.717, 1.165) is 19.3 Å². The Labute approximate surface area is 99.8 Å². The summed E-state index contributed by atoms with van der Waals surface area (Å²) >= 11 is 0. The van der Waals surface area contributed by atoms with Crippen LogP contribution in [0.4, 0.5) is 4.39 Å². The van der Waals surface area contributed by atoms with Gasteiger partial charge in [-0.3, -0.25) is 4.79 Å². The van der Waals surface area contributed by atoms with E-state index in [-0.39, 0.29) is 18.0 Å². The third-order valence-corrected chi connectivity index (χ3v) is 3.01. The number of aromatic nitrogens is 1. The Morgan fingerprint density at radius 1 is 1.41 bits per heavy atom. The van der Waals surface area contributed by atoms with Crippen molar-refractivity contribution in [3.05, 3.63) is 29.8 Å². The fraction of sp³-hybridized carbons (Fsp3) is 0.500. The standard InChI is InChI=1S/C12H16FN3O/c1-8-5-14-6-9(2)16(8)12(17)11-4-3-10(13)7-15-11/h3-4,7-9,14H,5-6H2,1-2H3. The zero-order chi connectivity index (χ0) is 12.4. The van der Waals surface area contributed by atoms with Crippen LogP contribution in [-0.2, 0) is 0 Å². The van der Waals surface area contributed by atoms with Crippen LogP contribution in [0.5, 0.6) is 0 Å². The van der Waals surface area contributed by atoms with Crippen molar-refractivity contribution in [2.75, 3.05) is 13.1 Å². The van der Waals surface area contributed by atoms with Crippen molar-refractivity contribution in [2.45, 2.75) is 25.9 Å². The summed E-state index contributed by atoms with van der Waals surface area (Å²) in [5.41, 5.74) is 0.298. The van der Waals surface area contributed by atoms with Gasteiger partial charge in [0.05, 0.1) is 6.20 Å². The lowest BCUT2D eigenvalue weighted by molar-refractivity contribution is 0.0538. The maximum atomic E-state index is 12.7. The fourth-order valence-corrected chi connectivity index (χ4v) is 2.17. The summed E-state index contributed by atoms with van der Waals surface area (Å²) in [5.74, 6) is -0.561. The molecule has 17 heavy (non-hydrogen) atoms. The van der Waals surface area contributed by atoms with Gasteiger partial charge in [-0.05, 0) is 26.0 Å². The molecule has 0 aromatic carbocycles. The van der Waals surface area contributed by atoms with Crippen LogP contribution >= 0.6 is 0 Å². The molecule has 1 amide bonds. The first-order chi connectivity index (χ1) is 8.09. The van der Waals surface area contributed by atoms with Crippen LogP contribution in [0.15, 0.2) is 18.3 Å². The van der Waals surface area contributed by atoms with Gasteiger partial charge in [-0.25, -0.2) is 9.37 Å². The highest BCUT2D eigenvalue weighted by Crippen LogP contribution is 2.13. The smallest absolute Gasteiger partial charge is 0.273 e. The molecular weight excluding hydrogens is 221 g/mol. The molecule has 1 fully saturated rings. The van der Waals surface area contributed by atoms with E-state index in [2.05, 4.69) is 10.3 Å². The van der Waals surface area contributed by atoms with Gasteiger partial charge in [0.25, 0.3) is 5.91 Å². The molecule has 0 radical (unpaired) electrons. The molecule has 1 saturated heterocycles. The summed E-state index contributed by atoms with van der Waals surface area (Å²) < 4.78 is 12.7. The van der Waals surface area contributed by atoms with Crippen LogP contribution in [0.2, 0.25) is 0 Å². The predicted octanol–water partition coefficient (Wildman–Crippen LogP) is 1.04. The molecule has 1 aliphatic heterocycles. The average molecular weight is 237 g/mol. The van der Waals surface area contributed by atoms with E-state index in [1.807, 2.05) is 13.8 Å². The molecule has 2 heterocycles. The van der Waals surface area contributed by atoms with Gasteiger partial charge >= 0.3 is 0 Å². The van der Waals surface area contributed by atoms with Gasteiger partial charge in [-0.15, -0.1) is 0 Å². The highest BCUT2D eigenvalue weighted by Gasteiger charge is 2.29. The minimum absolute atomic E-state index is 0.123. The van der Waals surface area contributed by atoms with Crippen LogP contribution in [0.25, 0.3) is 0 Å². The molecule has 4 nitrogen and oxygen atoms in total. The number of nitrogens with zero attached hydrogens (tertiary/aromatic N) is 2. The summed E-state index contributed by atoms with van der Waals surface area (Å²) in [6, 6.07) is 2.94. The number of hydrogen-bond donors (Lipinski definition) is 1. The third kappa shape index (κ3) is 2.44. The number of halogens is 1. The van der Waals surface area contributed by atoms with E-state index in [1.54, 1.807) is 4.90 Å². The molecule has 1 aromatic rings. The van der Waals surface area contributed by atoms with Crippen molar-refractivity contribution >= 4 is 5.91 Å². The van der Waals surface area contributed by atoms with Crippen LogP contribution in [0.3, 0.4) is 0 Å². The van der Waals surface area contributed by atoms with Crippen LogP contribution < -0.4 is 5.32 Å². The van der Waals surface area contributed by atoms with Crippen LogP contribution in [0, 0.1) is 5.82 Å². The molecule has 1 N–H and O–H groups in total. The third-order valence-electron chi connectivity index (χ3n) is 3.01. The highest BCUT2D eigenvalue weighted by atomic mass is 19.1. The van der Waals surface area contributed by atoms with Gasteiger partial charge in [-0.1, -0.05) is 0 Å². The number of amides is 1. The van der Waals surface area contributed by atoms with E-state index in [9.17, 15) is 9.18 Å². The van der Waals surface area contributed by atoms with E-state index >= 15 is 0 Å². The monoisotopic (exact) mass is 237 g/mol. The van der Waals surface area contributed by atoms with Crippen molar-refractivity contribution in [1.29, 1.82) is 0 Å². The number of rotatable bonds is 1. The van der Waals surface area contributed by atoms with Gasteiger partial charge in [0.15, 0.2) is 0 Å². The molecule has 2 atom stereocenters. The SMILES string of the molecule is CC1CNCC(C)N1C(=O)c1ccc(F)cn1. The van der Waals surface area contributed by atoms with E-state index in [0.29, 0.717) is 5.69 Å². The second-order valence-corrected chi connectivity index (χ2v) is 4.43. The van der Waals surface area contributed by atoms with Crippen molar-refractivity contribution in [1.82, 2.24) is 15.2 Å². The van der Waals surface area contributed by atoms with Crippen LogP contribution in [-0.4, -0.2) is 41.0 Å². The first-order valence-corrected chi connectivity index (χ1v) is 5.74. The molecule has 0 spiro atoms. The van der Waals surface area contributed by atoms with Crippen molar-refractivity contribution in [3.8, 4) is 0 Å². The van der Waals surface area contributed by atoms with E-state index < -0.39 is 5.82 Å². The Morgan fingerprint density at radius 2 is 2.06 bits per heavy atom. The van der Waals surface area contributed by atoms with E-state index in [1.165, 1.54) is 12.1 Å². The summed E-state index contributed by atoms with van der Waals surface area (Å²) in [6.45, 7) is 5.53. The number of carbonyl (C=O) groups excluding carboxylic acids is 1. The highest BCUT2D eigenvalue weighted by molar-refractivity contribution is 5.92. The topological polar surface area (TPSA) is 45.2 Å². The molecule has 2 unspecified atom stereocenters. The zero-order valence-electron chi connectivity index (χ0n) is 9.98. The first kappa shape index (κ1) is 12.0. The van der Waals surface area contributed by atoms with Crippen molar-refractivity contribution < 1.29 is 9.18 Å². The number of pyridine rings is 1. The molecule has 92 valence electrons. The minimum Gasteiger partial charge on any atom is -0.329 e. The Balaban J connectivity index is 2.20. The maximum absolute atomic E-state index is 12.7. The second kappa shape index (κ2) is 4.79. The largest absolute Gasteiger partial charge is 0.329 e. The molecule has 2 rings (SSSR count). The lowest BCUT2D eigenvalue weighted by Gasteiger charge is -2.39. The molecule has 0 saturated carbocycles. The zero-order valence-corrected chi connectivity index (χ0v) is 9.98. The second-order valence-electron chi connectivity index (χ2n) is 4.43. The first-order valence-electron chi connectivity index (χ1n) is 5.74. The molecule has 1 aliphatic rings. The average Bonchev–Trinajstić information content (AvgIpc) is 2.29. The Bertz CT molecular complexity index is 397.